The van der Waals surface area contributed by atoms with Gasteiger partial charge in [-0.2, -0.15) is 0 Å². The number of carbonyl (C=O) groups excluding carboxylic acids is 1. The van der Waals surface area contributed by atoms with Gasteiger partial charge in [0.25, 0.3) is 5.91 Å². The van der Waals surface area contributed by atoms with Crippen molar-refractivity contribution in [3.63, 3.8) is 0 Å². The molecule has 5 nitrogen and oxygen atoms in total. The molecule has 1 aromatic carbocycles. The normalized spacial score (nSPS) is 13.9. The quantitative estimate of drug-likeness (QED) is 0.742. The van der Waals surface area contributed by atoms with Gasteiger partial charge in [0.2, 0.25) is 0 Å². The molecule has 1 fully saturated rings. The Labute approximate surface area is 156 Å². The van der Waals surface area contributed by atoms with Crippen molar-refractivity contribution < 1.29 is 18.4 Å². The van der Waals surface area contributed by atoms with Crippen LogP contribution in [0.25, 0.3) is 5.57 Å². The molecule has 1 amide bonds. The fourth-order valence-electron chi connectivity index (χ4n) is 2.59. The van der Waals surface area contributed by atoms with Gasteiger partial charge in [0, 0.05) is 24.6 Å². The van der Waals surface area contributed by atoms with Crippen LogP contribution in [0.1, 0.15) is 43.1 Å². The molecule has 0 radical (unpaired) electrons. The van der Waals surface area contributed by atoms with Gasteiger partial charge in [0.05, 0.1) is 10.7 Å². The Morgan fingerprint density at radius 3 is 2.92 bits per heavy atom. The van der Waals surface area contributed by atoms with Crippen LogP contribution in [-0.4, -0.2) is 24.2 Å². The first-order valence-corrected chi connectivity index (χ1v) is 8.90. The predicted octanol–water partition coefficient (Wildman–Crippen LogP) is 4.33. The number of aromatic nitrogens is 1. The van der Waals surface area contributed by atoms with E-state index in [1.807, 2.05) is 6.07 Å². The number of amides is 1. The van der Waals surface area contributed by atoms with E-state index in [0.29, 0.717) is 24.6 Å². The standard InChI is InChI=1S/C19H20ClFN2O3/c1-12(18-10-17(23-26-18)13-3-2-4-13)7-8-22-19(24)11-25-14-5-6-15(20)16(21)9-14/h5-6,9-10,13H,1-4,7-8,11H2,(H,22,24). The monoisotopic (exact) mass is 378 g/mol. The number of benzene rings is 1. The molecule has 1 aliphatic rings. The lowest BCUT2D eigenvalue weighted by Crippen LogP contribution is -2.29. The first-order valence-electron chi connectivity index (χ1n) is 8.52. The van der Waals surface area contributed by atoms with E-state index in [1.165, 1.54) is 18.6 Å². The summed E-state index contributed by atoms with van der Waals surface area (Å²) in [4.78, 5) is 11.8. The van der Waals surface area contributed by atoms with Crippen LogP contribution in [0.4, 0.5) is 4.39 Å². The van der Waals surface area contributed by atoms with Crippen molar-refractivity contribution in [3.05, 3.63) is 53.1 Å². The van der Waals surface area contributed by atoms with Crippen molar-refractivity contribution >= 4 is 23.1 Å². The van der Waals surface area contributed by atoms with Crippen LogP contribution in [0, 0.1) is 5.82 Å². The summed E-state index contributed by atoms with van der Waals surface area (Å²) in [6, 6.07) is 5.96. The zero-order chi connectivity index (χ0) is 18.5. The van der Waals surface area contributed by atoms with Crippen LogP contribution < -0.4 is 10.1 Å². The van der Waals surface area contributed by atoms with E-state index in [1.54, 1.807) is 0 Å². The largest absolute Gasteiger partial charge is 0.484 e. The lowest BCUT2D eigenvalue weighted by Gasteiger charge is -2.22. The van der Waals surface area contributed by atoms with Gasteiger partial charge < -0.3 is 14.6 Å². The second-order valence-corrected chi connectivity index (χ2v) is 6.72. The average molecular weight is 379 g/mol. The van der Waals surface area contributed by atoms with Crippen LogP contribution >= 0.6 is 11.6 Å². The van der Waals surface area contributed by atoms with Crippen molar-refractivity contribution in [2.75, 3.05) is 13.2 Å². The molecule has 1 aliphatic carbocycles. The summed E-state index contributed by atoms with van der Waals surface area (Å²) in [6.07, 6.45) is 4.10. The summed E-state index contributed by atoms with van der Waals surface area (Å²) in [6.45, 7) is 4.17. The molecule has 1 saturated carbocycles. The van der Waals surface area contributed by atoms with Gasteiger partial charge in [-0.3, -0.25) is 4.79 Å². The number of halogens is 2. The second kappa shape index (κ2) is 8.36. The van der Waals surface area contributed by atoms with Crippen molar-refractivity contribution in [1.29, 1.82) is 0 Å². The molecule has 0 aliphatic heterocycles. The summed E-state index contributed by atoms with van der Waals surface area (Å²) in [7, 11) is 0. The van der Waals surface area contributed by atoms with Gasteiger partial charge in [-0.05, 0) is 37.0 Å². The highest BCUT2D eigenvalue weighted by atomic mass is 35.5. The molecule has 138 valence electrons. The van der Waals surface area contributed by atoms with E-state index in [-0.39, 0.29) is 23.3 Å². The molecule has 0 unspecified atom stereocenters. The van der Waals surface area contributed by atoms with Crippen LogP contribution in [0.2, 0.25) is 5.02 Å². The van der Waals surface area contributed by atoms with E-state index >= 15 is 0 Å². The second-order valence-electron chi connectivity index (χ2n) is 6.31. The first kappa shape index (κ1) is 18.5. The Morgan fingerprint density at radius 1 is 1.42 bits per heavy atom. The van der Waals surface area contributed by atoms with Gasteiger partial charge in [-0.1, -0.05) is 29.8 Å². The van der Waals surface area contributed by atoms with E-state index < -0.39 is 5.82 Å². The first-order chi connectivity index (χ1) is 12.5. The third-order valence-corrected chi connectivity index (χ3v) is 4.72. The topological polar surface area (TPSA) is 64.4 Å². The third kappa shape index (κ3) is 4.64. The SMILES string of the molecule is C=C(CCNC(=O)COc1ccc(Cl)c(F)c1)c1cc(C2CCC2)no1. The maximum atomic E-state index is 13.3. The minimum atomic E-state index is -0.589. The lowest BCUT2D eigenvalue weighted by molar-refractivity contribution is -0.123. The average Bonchev–Trinajstić information content (AvgIpc) is 3.04. The van der Waals surface area contributed by atoms with Crippen LogP contribution in [-0.2, 0) is 4.79 Å². The number of nitrogens with one attached hydrogen (secondary N) is 1. The van der Waals surface area contributed by atoms with Crippen molar-refractivity contribution in [3.8, 4) is 5.75 Å². The third-order valence-electron chi connectivity index (χ3n) is 4.41. The predicted molar refractivity (Wildman–Crippen MR) is 96.7 cm³/mol. The van der Waals surface area contributed by atoms with Gasteiger partial charge in [-0.15, -0.1) is 0 Å². The molecule has 0 bridgehead atoms. The van der Waals surface area contributed by atoms with Gasteiger partial charge >= 0.3 is 0 Å². The van der Waals surface area contributed by atoms with Gasteiger partial charge in [-0.25, -0.2) is 4.39 Å². The maximum absolute atomic E-state index is 13.3. The molecule has 3 rings (SSSR count). The lowest BCUT2D eigenvalue weighted by atomic mass is 9.83. The number of hydrogen-bond donors (Lipinski definition) is 1. The molecule has 2 aromatic rings. The molecule has 26 heavy (non-hydrogen) atoms. The maximum Gasteiger partial charge on any atom is 0.257 e. The summed E-state index contributed by atoms with van der Waals surface area (Å²) in [5.41, 5.74) is 1.77. The van der Waals surface area contributed by atoms with E-state index in [0.717, 1.165) is 30.2 Å². The Morgan fingerprint density at radius 2 is 2.23 bits per heavy atom. The molecule has 0 atom stereocenters. The zero-order valence-corrected chi connectivity index (χ0v) is 15.0. The molecular weight excluding hydrogens is 359 g/mol. The van der Waals surface area contributed by atoms with Crippen LogP contribution in [0.15, 0.2) is 35.4 Å². The van der Waals surface area contributed by atoms with Crippen LogP contribution in [0.3, 0.4) is 0 Å². The highest BCUT2D eigenvalue weighted by Crippen LogP contribution is 2.36. The summed E-state index contributed by atoms with van der Waals surface area (Å²) >= 11 is 5.59. The number of hydrogen-bond acceptors (Lipinski definition) is 4. The van der Waals surface area contributed by atoms with E-state index in [4.69, 9.17) is 20.9 Å². The fourth-order valence-corrected chi connectivity index (χ4v) is 2.71. The minimum Gasteiger partial charge on any atom is -0.484 e. The van der Waals surface area contributed by atoms with E-state index in [2.05, 4.69) is 17.1 Å². The molecule has 7 heteroatoms. The number of nitrogens with zero attached hydrogens (tertiary/aromatic N) is 1. The van der Waals surface area contributed by atoms with Gasteiger partial charge in [0.1, 0.15) is 11.6 Å². The van der Waals surface area contributed by atoms with Gasteiger partial charge in [0.15, 0.2) is 12.4 Å². The Bertz CT molecular complexity index is 802. The highest BCUT2D eigenvalue weighted by Gasteiger charge is 2.23. The van der Waals surface area contributed by atoms with Crippen molar-refractivity contribution in [2.45, 2.75) is 31.6 Å². The number of rotatable bonds is 8. The molecule has 1 aromatic heterocycles. The van der Waals surface area contributed by atoms with Crippen molar-refractivity contribution in [2.24, 2.45) is 0 Å². The molecule has 1 heterocycles. The number of carbonyl (C=O) groups is 1. The van der Waals surface area contributed by atoms with Crippen molar-refractivity contribution in [1.82, 2.24) is 10.5 Å². The molecule has 0 spiro atoms. The summed E-state index contributed by atoms with van der Waals surface area (Å²) < 4.78 is 23.9. The smallest absolute Gasteiger partial charge is 0.257 e. The van der Waals surface area contributed by atoms with E-state index in [9.17, 15) is 9.18 Å². The molecular formula is C19H20ClFN2O3. The summed E-state index contributed by atoms with van der Waals surface area (Å²) in [5, 5.41) is 6.83. The Hall–Kier alpha value is -2.34. The zero-order valence-electron chi connectivity index (χ0n) is 14.3. The highest BCUT2D eigenvalue weighted by molar-refractivity contribution is 6.30. The summed E-state index contributed by atoms with van der Waals surface area (Å²) in [5.74, 6) is 0.524. The number of ether oxygens (including phenoxy) is 1. The Kier molecular flexibility index (Phi) is 5.93. The van der Waals surface area contributed by atoms with Crippen LogP contribution in [0.5, 0.6) is 5.75 Å². The minimum absolute atomic E-state index is 0.00759. The fraction of sp³-hybridized carbons (Fsp3) is 0.368. The molecule has 1 N–H and O–H groups in total. The Balaban J connectivity index is 1.38. The molecule has 0 saturated heterocycles.